The van der Waals surface area contributed by atoms with E-state index in [4.69, 9.17) is 18.9 Å². The first kappa shape index (κ1) is 14.6. The molecule has 1 amide bonds. The van der Waals surface area contributed by atoms with Crippen molar-refractivity contribution in [2.24, 2.45) is 5.41 Å². The highest BCUT2D eigenvalue weighted by atomic mass is 16.7. The summed E-state index contributed by atoms with van der Waals surface area (Å²) >= 11 is 0. The number of nitrogens with zero attached hydrogens (tertiary/aromatic N) is 1. The second-order valence-corrected chi connectivity index (χ2v) is 6.53. The fourth-order valence-corrected chi connectivity index (χ4v) is 3.60. The highest BCUT2D eigenvalue weighted by Gasteiger charge is 2.40. The van der Waals surface area contributed by atoms with Crippen molar-refractivity contribution in [3.05, 3.63) is 18.2 Å². The van der Waals surface area contributed by atoms with Crippen LogP contribution in [0.5, 0.6) is 17.2 Å². The van der Waals surface area contributed by atoms with Crippen molar-refractivity contribution in [2.75, 3.05) is 39.7 Å². The van der Waals surface area contributed by atoms with Gasteiger partial charge in [0, 0.05) is 31.2 Å². The van der Waals surface area contributed by atoms with Crippen LogP contribution in [0.15, 0.2) is 18.2 Å². The summed E-state index contributed by atoms with van der Waals surface area (Å²) in [6, 6.07) is 5.36. The molecule has 2 saturated heterocycles. The Bertz CT molecular complexity index is 597. The molecule has 3 aliphatic rings. The molecule has 1 atom stereocenters. The molecule has 3 aliphatic heterocycles. The summed E-state index contributed by atoms with van der Waals surface area (Å²) in [6.45, 7) is 3.48. The SMILES string of the molecule is O=C(COc1ccc2c(c1)OCO2)N1CCC[C@]2(CCOC2)C1. The maximum absolute atomic E-state index is 12.4. The summed E-state index contributed by atoms with van der Waals surface area (Å²) in [4.78, 5) is 14.4. The topological polar surface area (TPSA) is 57.2 Å². The molecular formula is C17H21NO5. The van der Waals surface area contributed by atoms with Gasteiger partial charge < -0.3 is 23.8 Å². The molecule has 23 heavy (non-hydrogen) atoms. The van der Waals surface area contributed by atoms with Gasteiger partial charge in [-0.2, -0.15) is 0 Å². The lowest BCUT2D eigenvalue weighted by atomic mass is 9.79. The molecule has 4 rings (SSSR count). The Kier molecular flexibility index (Phi) is 3.77. The summed E-state index contributed by atoms with van der Waals surface area (Å²) in [5.41, 5.74) is 0.173. The Balaban J connectivity index is 1.34. The van der Waals surface area contributed by atoms with Gasteiger partial charge in [-0.05, 0) is 31.4 Å². The molecule has 0 radical (unpaired) electrons. The van der Waals surface area contributed by atoms with Crippen molar-refractivity contribution < 1.29 is 23.7 Å². The average Bonchev–Trinajstić information content (AvgIpc) is 3.21. The maximum Gasteiger partial charge on any atom is 0.260 e. The van der Waals surface area contributed by atoms with Gasteiger partial charge in [-0.15, -0.1) is 0 Å². The molecule has 0 bridgehead atoms. The predicted molar refractivity (Wildman–Crippen MR) is 81.7 cm³/mol. The van der Waals surface area contributed by atoms with E-state index in [0.717, 1.165) is 45.6 Å². The molecule has 1 aromatic carbocycles. The number of benzene rings is 1. The lowest BCUT2D eigenvalue weighted by Crippen LogP contribution is -2.48. The highest BCUT2D eigenvalue weighted by Crippen LogP contribution is 2.38. The van der Waals surface area contributed by atoms with Crippen LogP contribution in [0.1, 0.15) is 19.3 Å². The van der Waals surface area contributed by atoms with Gasteiger partial charge in [-0.1, -0.05) is 0 Å². The van der Waals surface area contributed by atoms with E-state index in [9.17, 15) is 4.79 Å². The van der Waals surface area contributed by atoms with Crippen LogP contribution in [-0.4, -0.2) is 50.5 Å². The summed E-state index contributed by atoms with van der Waals surface area (Å²) in [5, 5.41) is 0. The van der Waals surface area contributed by atoms with E-state index in [2.05, 4.69) is 0 Å². The van der Waals surface area contributed by atoms with Crippen LogP contribution < -0.4 is 14.2 Å². The Morgan fingerprint density at radius 3 is 3.04 bits per heavy atom. The number of carbonyl (C=O) groups excluding carboxylic acids is 1. The lowest BCUT2D eigenvalue weighted by Gasteiger charge is -2.39. The van der Waals surface area contributed by atoms with Crippen LogP contribution in [0.3, 0.4) is 0 Å². The highest BCUT2D eigenvalue weighted by molar-refractivity contribution is 5.78. The minimum Gasteiger partial charge on any atom is -0.484 e. The molecule has 3 heterocycles. The Morgan fingerprint density at radius 1 is 1.26 bits per heavy atom. The van der Waals surface area contributed by atoms with E-state index in [0.29, 0.717) is 17.2 Å². The van der Waals surface area contributed by atoms with E-state index in [1.807, 2.05) is 4.90 Å². The summed E-state index contributed by atoms with van der Waals surface area (Å²) < 4.78 is 21.8. The molecule has 0 aliphatic carbocycles. The van der Waals surface area contributed by atoms with E-state index in [-0.39, 0.29) is 24.7 Å². The van der Waals surface area contributed by atoms with Crippen LogP contribution in [0, 0.1) is 5.41 Å². The molecule has 2 fully saturated rings. The first-order valence-corrected chi connectivity index (χ1v) is 8.12. The van der Waals surface area contributed by atoms with Crippen LogP contribution in [0.25, 0.3) is 0 Å². The van der Waals surface area contributed by atoms with Crippen molar-refractivity contribution in [3.8, 4) is 17.2 Å². The number of likely N-dealkylation sites (tertiary alicyclic amines) is 1. The molecule has 6 nitrogen and oxygen atoms in total. The molecule has 1 spiro atoms. The van der Waals surface area contributed by atoms with Gasteiger partial charge in [0.2, 0.25) is 6.79 Å². The van der Waals surface area contributed by atoms with Gasteiger partial charge in [-0.3, -0.25) is 4.79 Å². The second kappa shape index (κ2) is 5.92. The number of hydrogen-bond acceptors (Lipinski definition) is 5. The smallest absolute Gasteiger partial charge is 0.260 e. The largest absolute Gasteiger partial charge is 0.484 e. The molecule has 124 valence electrons. The fourth-order valence-electron chi connectivity index (χ4n) is 3.60. The molecule has 0 unspecified atom stereocenters. The molecular weight excluding hydrogens is 298 g/mol. The monoisotopic (exact) mass is 319 g/mol. The second-order valence-electron chi connectivity index (χ2n) is 6.53. The molecule has 6 heteroatoms. The normalized spacial score (nSPS) is 25.8. The summed E-state index contributed by atoms with van der Waals surface area (Å²) in [5.74, 6) is 2.03. The van der Waals surface area contributed by atoms with Crippen LogP contribution in [0.4, 0.5) is 0 Å². The number of hydrogen-bond donors (Lipinski definition) is 0. The van der Waals surface area contributed by atoms with Crippen molar-refractivity contribution in [2.45, 2.75) is 19.3 Å². The van der Waals surface area contributed by atoms with E-state index in [1.165, 1.54) is 0 Å². The third-order valence-electron chi connectivity index (χ3n) is 4.91. The summed E-state index contributed by atoms with van der Waals surface area (Å²) in [7, 11) is 0. The summed E-state index contributed by atoms with van der Waals surface area (Å²) in [6.07, 6.45) is 3.25. The first-order valence-electron chi connectivity index (χ1n) is 8.12. The third kappa shape index (κ3) is 2.95. The molecule has 0 N–H and O–H groups in total. The third-order valence-corrected chi connectivity index (χ3v) is 4.91. The van der Waals surface area contributed by atoms with E-state index in [1.54, 1.807) is 18.2 Å². The van der Waals surface area contributed by atoms with Gasteiger partial charge in [0.05, 0.1) is 6.61 Å². The lowest BCUT2D eigenvalue weighted by molar-refractivity contribution is -0.137. The van der Waals surface area contributed by atoms with Gasteiger partial charge in [0.15, 0.2) is 18.1 Å². The van der Waals surface area contributed by atoms with Crippen LogP contribution in [-0.2, 0) is 9.53 Å². The molecule has 1 aromatic rings. The Labute approximate surface area is 135 Å². The quantitative estimate of drug-likeness (QED) is 0.850. The number of carbonyl (C=O) groups is 1. The van der Waals surface area contributed by atoms with Crippen LogP contribution in [0.2, 0.25) is 0 Å². The Morgan fingerprint density at radius 2 is 2.17 bits per heavy atom. The van der Waals surface area contributed by atoms with E-state index >= 15 is 0 Å². The Hall–Kier alpha value is -1.95. The van der Waals surface area contributed by atoms with Gasteiger partial charge in [-0.25, -0.2) is 0 Å². The van der Waals surface area contributed by atoms with E-state index < -0.39 is 0 Å². The van der Waals surface area contributed by atoms with Crippen molar-refractivity contribution in [3.63, 3.8) is 0 Å². The zero-order valence-corrected chi connectivity index (χ0v) is 13.1. The number of rotatable bonds is 3. The standard InChI is InChI=1S/C17H21NO5/c19-16(18-6-1-4-17(10-18)5-7-20-11-17)9-21-13-2-3-14-15(8-13)23-12-22-14/h2-3,8H,1,4-7,9-12H2/t17-/m0/s1. The zero-order valence-electron chi connectivity index (χ0n) is 13.1. The van der Waals surface area contributed by atoms with Gasteiger partial charge >= 0.3 is 0 Å². The van der Waals surface area contributed by atoms with Crippen molar-refractivity contribution >= 4 is 5.91 Å². The van der Waals surface area contributed by atoms with Crippen LogP contribution >= 0.6 is 0 Å². The van der Waals surface area contributed by atoms with Crippen molar-refractivity contribution in [1.82, 2.24) is 4.90 Å². The number of piperidine rings is 1. The minimum atomic E-state index is 0.0358. The zero-order chi connectivity index (χ0) is 15.7. The average molecular weight is 319 g/mol. The molecule has 0 aromatic heterocycles. The minimum absolute atomic E-state index is 0.0358. The van der Waals surface area contributed by atoms with Gasteiger partial charge in [0.25, 0.3) is 5.91 Å². The molecule has 0 saturated carbocycles. The number of ether oxygens (including phenoxy) is 4. The number of amides is 1. The van der Waals surface area contributed by atoms with Gasteiger partial charge in [0.1, 0.15) is 5.75 Å². The van der Waals surface area contributed by atoms with Crippen molar-refractivity contribution in [1.29, 1.82) is 0 Å². The maximum atomic E-state index is 12.4. The first-order chi connectivity index (χ1) is 11.2. The predicted octanol–water partition coefficient (Wildman–Crippen LogP) is 1.82. The fraction of sp³-hybridized carbons (Fsp3) is 0.588. The number of fused-ring (bicyclic) bond motifs is 1.